The first kappa shape index (κ1) is 10.0. The molecule has 0 aromatic rings. The van der Waals surface area contributed by atoms with Crippen LogP contribution in [0.5, 0.6) is 0 Å². The summed E-state index contributed by atoms with van der Waals surface area (Å²) in [5.74, 6) is -0.524. The van der Waals surface area contributed by atoms with Gasteiger partial charge >= 0.3 is 5.97 Å². The summed E-state index contributed by atoms with van der Waals surface area (Å²) in [6.45, 7) is 1.49. The quantitative estimate of drug-likeness (QED) is 0.682. The van der Waals surface area contributed by atoms with Gasteiger partial charge in [0, 0.05) is 19.4 Å². The van der Waals surface area contributed by atoms with Crippen LogP contribution in [0.2, 0.25) is 0 Å². The van der Waals surface area contributed by atoms with Crippen LogP contribution in [0.3, 0.4) is 0 Å². The fourth-order valence-electron chi connectivity index (χ4n) is 1.93. The number of rotatable bonds is 3. The zero-order valence-corrected chi connectivity index (χ0v) is 7.75. The molecule has 1 aliphatic carbocycles. The fraction of sp³-hybridized carbons (Fsp3) is 0.778. The van der Waals surface area contributed by atoms with E-state index in [-0.39, 0.29) is 24.3 Å². The number of hydrogen-bond donors (Lipinski definition) is 2. The van der Waals surface area contributed by atoms with E-state index in [4.69, 9.17) is 5.11 Å². The topological polar surface area (TPSA) is 66.4 Å². The molecule has 1 aliphatic rings. The van der Waals surface area contributed by atoms with E-state index in [1.54, 1.807) is 0 Å². The Bertz CT molecular complexity index is 193. The summed E-state index contributed by atoms with van der Waals surface area (Å²) < 4.78 is 0. The maximum absolute atomic E-state index is 10.7. The van der Waals surface area contributed by atoms with Crippen LogP contribution in [0.15, 0.2) is 0 Å². The van der Waals surface area contributed by atoms with Gasteiger partial charge in [0.25, 0.3) is 0 Å². The molecule has 1 saturated carbocycles. The van der Waals surface area contributed by atoms with Gasteiger partial charge < -0.3 is 10.4 Å². The van der Waals surface area contributed by atoms with Crippen molar-refractivity contribution in [3.63, 3.8) is 0 Å². The average Bonchev–Trinajstić information content (AvgIpc) is 2.33. The van der Waals surface area contributed by atoms with Crippen LogP contribution in [0.4, 0.5) is 0 Å². The molecule has 74 valence electrons. The van der Waals surface area contributed by atoms with E-state index in [0.29, 0.717) is 0 Å². The standard InChI is InChI=1S/C9H15NO3/c1-6(11)10-8-3-2-7(4-8)5-9(12)13/h7-8H,2-5H2,1H3,(H,10,11)(H,12,13). The number of hydrogen-bond acceptors (Lipinski definition) is 2. The summed E-state index contributed by atoms with van der Waals surface area (Å²) in [5, 5.41) is 11.4. The molecule has 2 unspecified atom stereocenters. The first-order chi connectivity index (χ1) is 6.08. The van der Waals surface area contributed by atoms with E-state index >= 15 is 0 Å². The van der Waals surface area contributed by atoms with Crippen molar-refractivity contribution in [2.75, 3.05) is 0 Å². The van der Waals surface area contributed by atoms with Gasteiger partial charge in [0.05, 0.1) is 0 Å². The monoisotopic (exact) mass is 185 g/mol. The van der Waals surface area contributed by atoms with Crippen molar-refractivity contribution in [2.24, 2.45) is 5.92 Å². The molecule has 0 saturated heterocycles. The maximum atomic E-state index is 10.7. The Hall–Kier alpha value is -1.06. The van der Waals surface area contributed by atoms with E-state index in [9.17, 15) is 9.59 Å². The molecule has 2 atom stereocenters. The normalized spacial score (nSPS) is 27.2. The lowest BCUT2D eigenvalue weighted by atomic mass is 10.0. The lowest BCUT2D eigenvalue weighted by molar-refractivity contribution is -0.138. The van der Waals surface area contributed by atoms with Gasteiger partial charge in [0.1, 0.15) is 0 Å². The lowest BCUT2D eigenvalue weighted by Crippen LogP contribution is -2.30. The van der Waals surface area contributed by atoms with Crippen LogP contribution in [-0.2, 0) is 9.59 Å². The van der Waals surface area contributed by atoms with Crippen LogP contribution in [0.25, 0.3) is 0 Å². The molecular formula is C9H15NO3. The zero-order valence-electron chi connectivity index (χ0n) is 7.75. The molecule has 0 aliphatic heterocycles. The number of aliphatic carboxylic acids is 1. The first-order valence-corrected chi connectivity index (χ1v) is 4.57. The molecule has 1 fully saturated rings. The molecule has 13 heavy (non-hydrogen) atoms. The molecule has 4 heteroatoms. The van der Waals surface area contributed by atoms with Crippen LogP contribution in [0.1, 0.15) is 32.6 Å². The molecule has 0 heterocycles. The van der Waals surface area contributed by atoms with Gasteiger partial charge in [-0.05, 0) is 25.2 Å². The Labute approximate surface area is 77.3 Å². The largest absolute Gasteiger partial charge is 0.481 e. The summed E-state index contributed by atoms with van der Waals surface area (Å²) >= 11 is 0. The van der Waals surface area contributed by atoms with Gasteiger partial charge in [-0.25, -0.2) is 0 Å². The smallest absolute Gasteiger partial charge is 0.303 e. The minimum absolute atomic E-state index is 0.0269. The van der Waals surface area contributed by atoms with E-state index in [2.05, 4.69) is 5.32 Å². The molecule has 1 amide bonds. The van der Waals surface area contributed by atoms with Gasteiger partial charge in [-0.15, -0.1) is 0 Å². The second kappa shape index (κ2) is 4.25. The van der Waals surface area contributed by atoms with Gasteiger partial charge in [0.2, 0.25) is 5.91 Å². The predicted molar refractivity (Wildman–Crippen MR) is 47.2 cm³/mol. The van der Waals surface area contributed by atoms with Crippen LogP contribution in [-0.4, -0.2) is 23.0 Å². The zero-order chi connectivity index (χ0) is 9.84. The molecule has 1 rings (SSSR count). The highest BCUT2D eigenvalue weighted by atomic mass is 16.4. The van der Waals surface area contributed by atoms with E-state index in [1.807, 2.05) is 0 Å². The summed E-state index contributed by atoms with van der Waals surface area (Å²) in [6, 6.07) is 0.196. The van der Waals surface area contributed by atoms with Gasteiger partial charge in [0.15, 0.2) is 0 Å². The molecular weight excluding hydrogens is 170 g/mol. The second-order valence-corrected chi connectivity index (χ2v) is 3.67. The Morgan fingerprint density at radius 1 is 1.46 bits per heavy atom. The fourth-order valence-corrected chi connectivity index (χ4v) is 1.93. The Morgan fingerprint density at radius 3 is 2.69 bits per heavy atom. The molecule has 2 N–H and O–H groups in total. The third kappa shape index (κ3) is 3.44. The molecule has 0 aromatic carbocycles. The molecule has 0 radical (unpaired) electrons. The molecule has 0 spiro atoms. The number of amides is 1. The maximum Gasteiger partial charge on any atom is 0.303 e. The average molecular weight is 185 g/mol. The third-order valence-corrected chi connectivity index (χ3v) is 2.41. The van der Waals surface area contributed by atoms with Crippen molar-refractivity contribution in [2.45, 2.75) is 38.6 Å². The van der Waals surface area contributed by atoms with Crippen LogP contribution >= 0.6 is 0 Å². The van der Waals surface area contributed by atoms with E-state index < -0.39 is 5.97 Å². The number of nitrogens with one attached hydrogen (secondary N) is 1. The van der Waals surface area contributed by atoms with Crippen LogP contribution in [0, 0.1) is 5.92 Å². The van der Waals surface area contributed by atoms with Crippen molar-refractivity contribution < 1.29 is 14.7 Å². The van der Waals surface area contributed by atoms with Crippen molar-refractivity contribution in [3.05, 3.63) is 0 Å². The minimum atomic E-state index is -0.742. The number of carboxylic acids is 1. The molecule has 4 nitrogen and oxygen atoms in total. The van der Waals surface area contributed by atoms with Gasteiger partial charge in [-0.2, -0.15) is 0 Å². The Morgan fingerprint density at radius 2 is 2.15 bits per heavy atom. The highest BCUT2D eigenvalue weighted by molar-refractivity contribution is 5.73. The predicted octanol–water partition coefficient (Wildman–Crippen LogP) is 0.766. The number of carboxylic acid groups (broad SMARTS) is 1. The highest BCUT2D eigenvalue weighted by Gasteiger charge is 2.26. The van der Waals surface area contributed by atoms with Crippen molar-refractivity contribution in [3.8, 4) is 0 Å². The van der Waals surface area contributed by atoms with E-state index in [1.165, 1.54) is 6.92 Å². The molecule has 0 aromatic heterocycles. The molecule has 0 bridgehead atoms. The van der Waals surface area contributed by atoms with Crippen molar-refractivity contribution >= 4 is 11.9 Å². The van der Waals surface area contributed by atoms with Crippen molar-refractivity contribution in [1.82, 2.24) is 5.32 Å². The number of carbonyl (C=O) groups is 2. The second-order valence-electron chi connectivity index (χ2n) is 3.67. The third-order valence-electron chi connectivity index (χ3n) is 2.41. The summed E-state index contributed by atoms with van der Waals surface area (Å²) in [4.78, 5) is 21.1. The summed E-state index contributed by atoms with van der Waals surface area (Å²) in [5.41, 5.74) is 0. The number of carbonyl (C=O) groups excluding carboxylic acids is 1. The van der Waals surface area contributed by atoms with E-state index in [0.717, 1.165) is 19.3 Å². The minimum Gasteiger partial charge on any atom is -0.481 e. The van der Waals surface area contributed by atoms with Gasteiger partial charge in [-0.3, -0.25) is 9.59 Å². The van der Waals surface area contributed by atoms with Crippen LogP contribution < -0.4 is 5.32 Å². The first-order valence-electron chi connectivity index (χ1n) is 4.57. The lowest BCUT2D eigenvalue weighted by Gasteiger charge is -2.10. The van der Waals surface area contributed by atoms with Crippen molar-refractivity contribution in [1.29, 1.82) is 0 Å². The van der Waals surface area contributed by atoms with Gasteiger partial charge in [-0.1, -0.05) is 0 Å². The summed E-state index contributed by atoms with van der Waals surface area (Å²) in [6.07, 6.45) is 2.87. The highest BCUT2D eigenvalue weighted by Crippen LogP contribution is 2.27. The SMILES string of the molecule is CC(=O)NC1CCC(CC(=O)O)C1. The Balaban J connectivity index is 2.27. The Kier molecular flexibility index (Phi) is 3.28. The summed E-state index contributed by atoms with van der Waals surface area (Å²) in [7, 11) is 0.